The molecular weight excluding hydrogens is 128 g/mol. The fraction of sp³-hybridized carbons (Fsp3) is 0.857. The fourth-order valence-electron chi connectivity index (χ4n) is 0.595. The first-order valence-corrected chi connectivity index (χ1v) is 3.42. The minimum absolute atomic E-state index is 0.0513. The Balaban J connectivity index is 3.76. The molecule has 0 aliphatic rings. The first-order chi connectivity index (χ1) is 4.52. The Bertz CT molecular complexity index is 121. The zero-order chi connectivity index (χ0) is 8.20. The second kappa shape index (κ2) is 3.56. The summed E-state index contributed by atoms with van der Waals surface area (Å²) in [5.74, 6) is 0.0513. The van der Waals surface area contributed by atoms with Gasteiger partial charge in [-0.2, -0.15) is 0 Å². The molecule has 0 radical (unpaired) electrons. The van der Waals surface area contributed by atoms with Crippen molar-refractivity contribution < 1.29 is 4.79 Å². The first-order valence-electron chi connectivity index (χ1n) is 3.42. The Kier molecular flexibility index (Phi) is 3.36. The number of hydrogen-bond acceptors (Lipinski definition) is 2. The lowest BCUT2D eigenvalue weighted by Gasteiger charge is -2.20. The van der Waals surface area contributed by atoms with Gasteiger partial charge in [0.1, 0.15) is 0 Å². The summed E-state index contributed by atoms with van der Waals surface area (Å²) in [5.41, 5.74) is 5.36. The van der Waals surface area contributed by atoms with Gasteiger partial charge in [0.15, 0.2) is 0 Å². The zero-order valence-corrected chi connectivity index (χ0v) is 6.90. The molecule has 3 heteroatoms. The first kappa shape index (κ1) is 9.43. The van der Waals surface area contributed by atoms with E-state index in [9.17, 15) is 4.79 Å². The highest BCUT2D eigenvalue weighted by atomic mass is 16.1. The summed E-state index contributed by atoms with van der Waals surface area (Å²) in [7, 11) is 1.63. The summed E-state index contributed by atoms with van der Waals surface area (Å²) in [5, 5.41) is 2.56. The van der Waals surface area contributed by atoms with Crippen LogP contribution in [0.25, 0.3) is 0 Å². The van der Waals surface area contributed by atoms with E-state index in [1.807, 2.05) is 13.8 Å². The molecule has 0 atom stereocenters. The molecule has 60 valence electrons. The van der Waals surface area contributed by atoms with Crippen LogP contribution in [0.1, 0.15) is 20.3 Å². The minimum Gasteiger partial charge on any atom is -0.359 e. The summed E-state index contributed by atoms with van der Waals surface area (Å²) in [6, 6.07) is 0. The molecule has 3 N–H and O–H groups in total. The van der Waals surface area contributed by atoms with E-state index in [4.69, 9.17) is 5.73 Å². The van der Waals surface area contributed by atoms with Crippen molar-refractivity contribution in [2.45, 2.75) is 20.3 Å². The standard InChI is InChI=1S/C7H16N2O/c1-7(2,5-8)4-6(10)9-3/h4-5,8H2,1-3H3,(H,9,10). The van der Waals surface area contributed by atoms with Crippen LogP contribution in [-0.2, 0) is 4.79 Å². The van der Waals surface area contributed by atoms with Gasteiger partial charge < -0.3 is 11.1 Å². The van der Waals surface area contributed by atoms with Gasteiger partial charge in [0.25, 0.3) is 0 Å². The van der Waals surface area contributed by atoms with E-state index >= 15 is 0 Å². The normalized spacial score (nSPS) is 11.2. The van der Waals surface area contributed by atoms with Crippen molar-refractivity contribution in [3.63, 3.8) is 0 Å². The van der Waals surface area contributed by atoms with E-state index in [2.05, 4.69) is 5.32 Å². The molecule has 0 aliphatic carbocycles. The molecule has 0 unspecified atom stereocenters. The highest BCUT2D eigenvalue weighted by Crippen LogP contribution is 2.16. The van der Waals surface area contributed by atoms with Gasteiger partial charge >= 0.3 is 0 Å². The SMILES string of the molecule is CNC(=O)CC(C)(C)CN. The van der Waals surface area contributed by atoms with E-state index in [0.29, 0.717) is 13.0 Å². The summed E-state index contributed by atoms with van der Waals surface area (Å²) >= 11 is 0. The van der Waals surface area contributed by atoms with Crippen molar-refractivity contribution in [1.82, 2.24) is 5.32 Å². The van der Waals surface area contributed by atoms with Crippen molar-refractivity contribution in [3.8, 4) is 0 Å². The molecule has 3 nitrogen and oxygen atoms in total. The highest BCUT2D eigenvalue weighted by molar-refractivity contribution is 5.76. The molecule has 0 bridgehead atoms. The maximum absolute atomic E-state index is 10.8. The third-order valence-electron chi connectivity index (χ3n) is 1.47. The molecular formula is C7H16N2O. The smallest absolute Gasteiger partial charge is 0.220 e. The lowest BCUT2D eigenvalue weighted by Crippen LogP contribution is -2.31. The summed E-state index contributed by atoms with van der Waals surface area (Å²) in [6.45, 7) is 4.49. The van der Waals surface area contributed by atoms with Crippen LogP contribution < -0.4 is 11.1 Å². The molecule has 0 aromatic heterocycles. The summed E-state index contributed by atoms with van der Waals surface area (Å²) < 4.78 is 0. The van der Waals surface area contributed by atoms with Crippen LogP contribution in [0.3, 0.4) is 0 Å². The number of nitrogens with one attached hydrogen (secondary N) is 1. The molecule has 0 saturated heterocycles. The molecule has 10 heavy (non-hydrogen) atoms. The molecule has 0 aromatic rings. The van der Waals surface area contributed by atoms with E-state index in [1.165, 1.54) is 0 Å². The number of carbonyl (C=O) groups is 1. The monoisotopic (exact) mass is 144 g/mol. The van der Waals surface area contributed by atoms with Gasteiger partial charge in [-0.3, -0.25) is 4.79 Å². The van der Waals surface area contributed by atoms with Gasteiger partial charge in [-0.1, -0.05) is 13.8 Å². The van der Waals surface area contributed by atoms with Crippen LogP contribution in [0.5, 0.6) is 0 Å². The zero-order valence-electron chi connectivity index (χ0n) is 6.90. The minimum atomic E-state index is -0.0694. The quantitative estimate of drug-likeness (QED) is 0.590. The van der Waals surface area contributed by atoms with Crippen LogP contribution in [0, 0.1) is 5.41 Å². The molecule has 0 aromatic carbocycles. The van der Waals surface area contributed by atoms with E-state index in [1.54, 1.807) is 7.05 Å². The van der Waals surface area contributed by atoms with Gasteiger partial charge in [-0.15, -0.1) is 0 Å². The lowest BCUT2D eigenvalue weighted by molar-refractivity contribution is -0.122. The Hall–Kier alpha value is -0.570. The second-order valence-corrected chi connectivity index (χ2v) is 3.22. The van der Waals surface area contributed by atoms with Crippen molar-refractivity contribution in [2.24, 2.45) is 11.1 Å². The van der Waals surface area contributed by atoms with Crippen LogP contribution in [0.4, 0.5) is 0 Å². The molecule has 0 rings (SSSR count). The average molecular weight is 144 g/mol. The number of rotatable bonds is 3. The summed E-state index contributed by atoms with van der Waals surface area (Å²) in [4.78, 5) is 10.8. The maximum atomic E-state index is 10.8. The maximum Gasteiger partial charge on any atom is 0.220 e. The van der Waals surface area contributed by atoms with Crippen molar-refractivity contribution in [3.05, 3.63) is 0 Å². The molecule has 0 saturated carbocycles. The van der Waals surface area contributed by atoms with Crippen LogP contribution >= 0.6 is 0 Å². The molecule has 0 fully saturated rings. The molecule has 0 spiro atoms. The Morgan fingerprint density at radius 2 is 2.10 bits per heavy atom. The predicted octanol–water partition coefficient (Wildman–Crippen LogP) is 0.107. The van der Waals surface area contributed by atoms with Gasteiger partial charge in [0.05, 0.1) is 0 Å². The molecule has 1 amide bonds. The number of nitrogens with two attached hydrogens (primary N) is 1. The Morgan fingerprint density at radius 3 is 2.40 bits per heavy atom. The lowest BCUT2D eigenvalue weighted by atomic mass is 9.89. The van der Waals surface area contributed by atoms with E-state index in [-0.39, 0.29) is 11.3 Å². The Morgan fingerprint density at radius 1 is 1.60 bits per heavy atom. The highest BCUT2D eigenvalue weighted by Gasteiger charge is 2.18. The van der Waals surface area contributed by atoms with Crippen molar-refractivity contribution >= 4 is 5.91 Å². The molecule has 0 aliphatic heterocycles. The van der Waals surface area contributed by atoms with Crippen LogP contribution in [0.2, 0.25) is 0 Å². The number of carbonyl (C=O) groups excluding carboxylic acids is 1. The average Bonchev–Trinajstić information content (AvgIpc) is 1.87. The summed E-state index contributed by atoms with van der Waals surface area (Å²) in [6.07, 6.45) is 0.500. The van der Waals surface area contributed by atoms with Crippen molar-refractivity contribution in [2.75, 3.05) is 13.6 Å². The second-order valence-electron chi connectivity index (χ2n) is 3.22. The van der Waals surface area contributed by atoms with Crippen molar-refractivity contribution in [1.29, 1.82) is 0 Å². The van der Waals surface area contributed by atoms with Gasteiger partial charge in [0.2, 0.25) is 5.91 Å². The van der Waals surface area contributed by atoms with E-state index < -0.39 is 0 Å². The third kappa shape index (κ3) is 3.45. The predicted molar refractivity (Wildman–Crippen MR) is 41.5 cm³/mol. The van der Waals surface area contributed by atoms with Gasteiger partial charge in [-0.25, -0.2) is 0 Å². The van der Waals surface area contributed by atoms with Crippen LogP contribution in [0.15, 0.2) is 0 Å². The van der Waals surface area contributed by atoms with Crippen LogP contribution in [-0.4, -0.2) is 19.5 Å². The third-order valence-corrected chi connectivity index (χ3v) is 1.47. The topological polar surface area (TPSA) is 55.1 Å². The fourth-order valence-corrected chi connectivity index (χ4v) is 0.595. The van der Waals surface area contributed by atoms with E-state index in [0.717, 1.165) is 0 Å². The molecule has 0 heterocycles. The number of hydrogen-bond donors (Lipinski definition) is 2. The van der Waals surface area contributed by atoms with Gasteiger partial charge in [-0.05, 0) is 12.0 Å². The Labute approximate surface area is 62.0 Å². The number of amides is 1. The largest absolute Gasteiger partial charge is 0.359 e. The van der Waals surface area contributed by atoms with Gasteiger partial charge in [0, 0.05) is 13.5 Å².